The molecule has 1 amide bonds. The van der Waals surface area contributed by atoms with Crippen molar-refractivity contribution in [2.75, 3.05) is 0 Å². The first kappa shape index (κ1) is 8.58. The third-order valence-electron chi connectivity index (χ3n) is 0.946. The summed E-state index contributed by atoms with van der Waals surface area (Å²) in [6.45, 7) is 0. The van der Waals surface area contributed by atoms with E-state index in [4.69, 9.17) is 5.73 Å². The number of rotatable bonds is 1. The molecule has 0 saturated heterocycles. The van der Waals surface area contributed by atoms with Crippen LogP contribution in [0.2, 0.25) is 0 Å². The van der Waals surface area contributed by atoms with E-state index in [1.54, 1.807) is 18.3 Å². The second kappa shape index (κ2) is 3.58. The van der Waals surface area contributed by atoms with Crippen molar-refractivity contribution in [1.82, 2.24) is 4.98 Å². The molecule has 1 aromatic heterocycles. The van der Waals surface area contributed by atoms with Crippen LogP contribution in [0.4, 0.5) is 0 Å². The number of nitrogens with two attached hydrogens (primary N) is 1. The van der Waals surface area contributed by atoms with Gasteiger partial charge < -0.3 is 11.2 Å². The van der Waals surface area contributed by atoms with Gasteiger partial charge in [-0.15, -0.1) is 0 Å². The summed E-state index contributed by atoms with van der Waals surface area (Å²) in [5, 5.41) is 0. The lowest BCUT2D eigenvalue weighted by Crippen LogP contribution is -2.10. The number of hydrogen-bond donors (Lipinski definition) is 1. The summed E-state index contributed by atoms with van der Waals surface area (Å²) in [7, 11) is 0. The number of carbonyl (C=O) groups excluding carboxylic acids is 1. The van der Waals surface area contributed by atoms with Crippen molar-refractivity contribution in [2.45, 2.75) is 0 Å². The molecule has 0 aliphatic heterocycles. The van der Waals surface area contributed by atoms with E-state index in [9.17, 15) is 4.79 Å². The fourth-order valence-electron chi connectivity index (χ4n) is 0.509. The lowest BCUT2D eigenvalue weighted by Gasteiger charge is -1.88. The molecule has 0 radical (unpaired) electrons. The zero-order valence-corrected chi connectivity index (χ0v) is 5.24. The van der Waals surface area contributed by atoms with Crippen molar-refractivity contribution in [2.24, 2.45) is 5.73 Å². The summed E-state index contributed by atoms with van der Waals surface area (Å²) in [6, 6.07) is 3.29. The van der Waals surface area contributed by atoms with Gasteiger partial charge in [-0.3, -0.25) is 9.78 Å². The third-order valence-corrected chi connectivity index (χ3v) is 0.946. The highest BCUT2D eigenvalue weighted by molar-refractivity contribution is 5.92. The molecule has 0 saturated carbocycles. The molecule has 1 aromatic rings. The van der Waals surface area contributed by atoms with Crippen molar-refractivity contribution >= 4 is 5.91 Å². The quantitative estimate of drug-likeness (QED) is 0.562. The zero-order valence-electron chi connectivity index (χ0n) is 5.24. The first-order valence-electron chi connectivity index (χ1n) is 2.50. The average Bonchev–Trinajstić information content (AvgIpc) is 1.90. The van der Waals surface area contributed by atoms with E-state index < -0.39 is 5.91 Å². The average molecular weight is 140 g/mol. The number of aromatic nitrogens is 1. The Morgan fingerprint density at radius 1 is 1.60 bits per heavy atom. The standard InChI is InChI=1S/C6H6N2O.H2O/c7-6(9)5-2-1-3-8-4-5;/h1-4H,(H2,7,9);1H2. The van der Waals surface area contributed by atoms with Crippen LogP contribution in [0.3, 0.4) is 0 Å². The molecule has 0 aliphatic rings. The van der Waals surface area contributed by atoms with Gasteiger partial charge in [-0.2, -0.15) is 0 Å². The van der Waals surface area contributed by atoms with Gasteiger partial charge in [-0.1, -0.05) is 0 Å². The summed E-state index contributed by atoms with van der Waals surface area (Å²) in [5.41, 5.74) is 5.38. The van der Waals surface area contributed by atoms with Crippen LogP contribution in [-0.2, 0) is 0 Å². The van der Waals surface area contributed by atoms with Crippen molar-refractivity contribution in [3.8, 4) is 0 Å². The van der Waals surface area contributed by atoms with Gasteiger partial charge in [-0.05, 0) is 12.1 Å². The number of carbonyl (C=O) groups is 1. The van der Waals surface area contributed by atoms with E-state index >= 15 is 0 Å². The Hall–Kier alpha value is -1.42. The summed E-state index contributed by atoms with van der Waals surface area (Å²) in [6.07, 6.45) is 3.02. The molecule has 4 nitrogen and oxygen atoms in total. The van der Waals surface area contributed by atoms with Gasteiger partial charge in [0.2, 0.25) is 5.91 Å². The SMILES string of the molecule is NC(=O)c1cccnc1.O. The highest BCUT2D eigenvalue weighted by atomic mass is 16.1. The van der Waals surface area contributed by atoms with Gasteiger partial charge >= 0.3 is 0 Å². The van der Waals surface area contributed by atoms with E-state index in [1.807, 2.05) is 0 Å². The molecule has 0 unspecified atom stereocenters. The van der Waals surface area contributed by atoms with Gasteiger partial charge in [0.1, 0.15) is 0 Å². The van der Waals surface area contributed by atoms with Crippen molar-refractivity contribution in [1.29, 1.82) is 0 Å². The fraction of sp³-hybridized carbons (Fsp3) is 0. The molecule has 0 aromatic carbocycles. The van der Waals surface area contributed by atoms with Crippen LogP contribution >= 0.6 is 0 Å². The second-order valence-corrected chi connectivity index (χ2v) is 1.61. The summed E-state index contributed by atoms with van der Waals surface area (Å²) in [4.78, 5) is 14.1. The Balaban J connectivity index is 0.000000810. The molecule has 0 bridgehead atoms. The molecule has 0 aliphatic carbocycles. The van der Waals surface area contributed by atoms with Crippen LogP contribution in [0.25, 0.3) is 0 Å². The van der Waals surface area contributed by atoms with E-state index in [2.05, 4.69) is 4.98 Å². The normalized spacial score (nSPS) is 8.00. The lowest BCUT2D eigenvalue weighted by atomic mass is 10.3. The summed E-state index contributed by atoms with van der Waals surface area (Å²) < 4.78 is 0. The summed E-state index contributed by atoms with van der Waals surface area (Å²) in [5.74, 6) is -0.442. The Labute approximate surface area is 58.0 Å². The molecular formula is C6H8N2O2. The minimum absolute atomic E-state index is 0. The van der Waals surface area contributed by atoms with Crippen LogP contribution in [0.1, 0.15) is 10.4 Å². The molecule has 54 valence electrons. The summed E-state index contributed by atoms with van der Waals surface area (Å²) >= 11 is 0. The lowest BCUT2D eigenvalue weighted by molar-refractivity contribution is 0.1000. The number of pyridine rings is 1. The van der Waals surface area contributed by atoms with Crippen molar-refractivity contribution < 1.29 is 10.3 Å². The van der Waals surface area contributed by atoms with Crippen molar-refractivity contribution in [3.05, 3.63) is 30.1 Å². The van der Waals surface area contributed by atoms with Gasteiger partial charge in [0, 0.05) is 12.4 Å². The maximum Gasteiger partial charge on any atom is 0.250 e. The first-order valence-corrected chi connectivity index (χ1v) is 2.50. The molecule has 0 spiro atoms. The number of hydrogen-bond acceptors (Lipinski definition) is 2. The molecule has 4 N–H and O–H groups in total. The topological polar surface area (TPSA) is 87.5 Å². The molecule has 4 heteroatoms. The van der Waals surface area contributed by atoms with Crippen LogP contribution < -0.4 is 5.73 Å². The van der Waals surface area contributed by atoms with Crippen LogP contribution in [0.15, 0.2) is 24.5 Å². The van der Waals surface area contributed by atoms with E-state index in [-0.39, 0.29) is 5.48 Å². The Morgan fingerprint density at radius 2 is 2.30 bits per heavy atom. The maximum atomic E-state index is 10.4. The third kappa shape index (κ3) is 1.83. The largest absolute Gasteiger partial charge is 0.412 e. The van der Waals surface area contributed by atoms with E-state index in [0.717, 1.165) is 0 Å². The number of nitrogens with zero attached hydrogens (tertiary/aromatic N) is 1. The molecule has 1 rings (SSSR count). The van der Waals surface area contributed by atoms with E-state index in [0.29, 0.717) is 5.56 Å². The first-order chi connectivity index (χ1) is 4.30. The Kier molecular flexibility index (Phi) is 3.07. The van der Waals surface area contributed by atoms with Crippen LogP contribution in [0.5, 0.6) is 0 Å². The fourth-order valence-corrected chi connectivity index (χ4v) is 0.509. The predicted octanol–water partition coefficient (Wildman–Crippen LogP) is -0.644. The van der Waals surface area contributed by atoms with Gasteiger partial charge in [-0.25, -0.2) is 0 Å². The van der Waals surface area contributed by atoms with E-state index in [1.165, 1.54) is 6.20 Å². The monoisotopic (exact) mass is 140 g/mol. The number of amides is 1. The Morgan fingerprint density at radius 3 is 2.60 bits per heavy atom. The molecule has 0 atom stereocenters. The predicted molar refractivity (Wildman–Crippen MR) is 36.4 cm³/mol. The number of primary amides is 1. The van der Waals surface area contributed by atoms with Crippen LogP contribution in [-0.4, -0.2) is 16.4 Å². The van der Waals surface area contributed by atoms with Crippen molar-refractivity contribution in [3.63, 3.8) is 0 Å². The minimum atomic E-state index is -0.442. The smallest absolute Gasteiger partial charge is 0.250 e. The molecule has 1 heterocycles. The molecular weight excluding hydrogens is 132 g/mol. The van der Waals surface area contributed by atoms with Crippen LogP contribution in [0, 0.1) is 0 Å². The van der Waals surface area contributed by atoms with Gasteiger partial charge in [0.05, 0.1) is 5.56 Å². The molecule has 10 heavy (non-hydrogen) atoms. The minimum Gasteiger partial charge on any atom is -0.412 e. The molecule has 0 fully saturated rings. The second-order valence-electron chi connectivity index (χ2n) is 1.61. The highest BCUT2D eigenvalue weighted by Gasteiger charge is 1.94. The van der Waals surface area contributed by atoms with Gasteiger partial charge in [0.25, 0.3) is 0 Å². The highest BCUT2D eigenvalue weighted by Crippen LogP contribution is 1.91. The maximum absolute atomic E-state index is 10.4. The van der Waals surface area contributed by atoms with Gasteiger partial charge in [0.15, 0.2) is 0 Å². The zero-order chi connectivity index (χ0) is 6.69. The Bertz CT molecular complexity index is 210.